The Kier molecular flexibility index (Phi) is 7.11. The molecule has 1 amide bonds. The summed E-state index contributed by atoms with van der Waals surface area (Å²) in [7, 11) is -2.72. The van der Waals surface area contributed by atoms with Crippen LogP contribution in [0.15, 0.2) is 29.2 Å². The van der Waals surface area contributed by atoms with Crippen LogP contribution in [0.4, 0.5) is 5.69 Å². The molecular weight excluding hydrogens is 384 g/mol. The molecule has 0 aromatic heterocycles. The van der Waals surface area contributed by atoms with Gasteiger partial charge in [0.2, 0.25) is 15.9 Å². The van der Waals surface area contributed by atoms with E-state index in [1.807, 2.05) is 6.92 Å². The average molecular weight is 407 g/mol. The third-order valence-corrected chi connectivity index (χ3v) is 6.30. The largest absolute Gasteiger partial charge is 0.341 e. The number of hydrogen-bond acceptors (Lipinski definition) is 6. The van der Waals surface area contributed by atoms with Crippen LogP contribution in [0.3, 0.4) is 0 Å². The minimum Gasteiger partial charge on any atom is -0.341 e. The number of amides is 1. The summed E-state index contributed by atoms with van der Waals surface area (Å²) in [5.74, 6) is -0.311. The predicted octanol–water partition coefficient (Wildman–Crippen LogP) is 0.834. The highest BCUT2D eigenvalue weighted by atomic mass is 35.5. The molecule has 1 unspecified atom stereocenters. The van der Waals surface area contributed by atoms with Gasteiger partial charge in [0.15, 0.2) is 0 Å². The first-order valence-corrected chi connectivity index (χ1v) is 9.22. The Morgan fingerprint density at radius 2 is 2.12 bits per heavy atom. The van der Waals surface area contributed by atoms with Gasteiger partial charge < -0.3 is 10.6 Å². The minimum absolute atomic E-state index is 0. The van der Waals surface area contributed by atoms with Gasteiger partial charge in [-0.1, -0.05) is 13.0 Å². The van der Waals surface area contributed by atoms with Crippen LogP contribution in [0.1, 0.15) is 13.3 Å². The molecule has 9 nitrogen and oxygen atoms in total. The molecule has 11 heteroatoms. The van der Waals surface area contributed by atoms with E-state index in [2.05, 4.69) is 0 Å². The molecule has 0 bridgehead atoms. The smallest absolute Gasteiger partial charge is 0.270 e. The third-order valence-electron chi connectivity index (χ3n) is 4.50. The number of hydrogen-bond donors (Lipinski definition) is 1. The van der Waals surface area contributed by atoms with Gasteiger partial charge in [-0.15, -0.1) is 12.4 Å². The minimum atomic E-state index is -4.00. The number of sulfonamides is 1. The van der Waals surface area contributed by atoms with Crippen molar-refractivity contribution in [3.63, 3.8) is 0 Å². The monoisotopic (exact) mass is 406 g/mol. The maximum absolute atomic E-state index is 12.6. The molecule has 1 atom stereocenters. The predicted molar refractivity (Wildman–Crippen MR) is 98.5 cm³/mol. The number of carbonyl (C=O) groups excluding carboxylic acids is 1. The molecular formula is C15H23ClN4O5S. The van der Waals surface area contributed by atoms with Crippen LogP contribution < -0.4 is 5.73 Å². The second kappa shape index (κ2) is 8.30. The lowest BCUT2D eigenvalue weighted by molar-refractivity contribution is -0.385. The van der Waals surface area contributed by atoms with Crippen molar-refractivity contribution in [2.45, 2.75) is 18.2 Å². The molecule has 1 aromatic carbocycles. The number of likely N-dealkylation sites (N-methyl/N-ethyl adjacent to an activating group) is 1. The molecule has 146 valence electrons. The molecule has 1 saturated heterocycles. The lowest BCUT2D eigenvalue weighted by atomic mass is 9.90. The van der Waals surface area contributed by atoms with E-state index < -0.39 is 14.9 Å². The van der Waals surface area contributed by atoms with Crippen molar-refractivity contribution in [3.05, 3.63) is 34.4 Å². The summed E-state index contributed by atoms with van der Waals surface area (Å²) < 4.78 is 26.0. The van der Waals surface area contributed by atoms with E-state index in [-0.39, 0.29) is 40.9 Å². The van der Waals surface area contributed by atoms with Gasteiger partial charge in [-0.3, -0.25) is 14.9 Å². The fourth-order valence-electron chi connectivity index (χ4n) is 2.72. The Morgan fingerprint density at radius 3 is 2.65 bits per heavy atom. The third kappa shape index (κ3) is 4.70. The Labute approximate surface area is 158 Å². The van der Waals surface area contributed by atoms with Crippen LogP contribution >= 0.6 is 12.4 Å². The highest BCUT2D eigenvalue weighted by molar-refractivity contribution is 7.89. The summed E-state index contributed by atoms with van der Waals surface area (Å²) in [6.45, 7) is 3.15. The van der Waals surface area contributed by atoms with E-state index in [1.165, 1.54) is 25.2 Å². The van der Waals surface area contributed by atoms with Gasteiger partial charge in [0.05, 0.1) is 16.4 Å². The first-order valence-electron chi connectivity index (χ1n) is 7.78. The van der Waals surface area contributed by atoms with Crippen LogP contribution in [0.5, 0.6) is 0 Å². The second-order valence-corrected chi connectivity index (χ2v) is 8.64. The SMILES string of the molecule is CN(CC(=O)N1CCC(C)(CN)C1)S(=O)(=O)c1cccc([N+](=O)[O-])c1.Cl. The topological polar surface area (TPSA) is 127 Å². The Morgan fingerprint density at radius 1 is 1.46 bits per heavy atom. The molecule has 1 fully saturated rings. The van der Waals surface area contributed by atoms with Crippen LogP contribution in [0.25, 0.3) is 0 Å². The number of carbonyl (C=O) groups is 1. The van der Waals surface area contributed by atoms with Crippen LogP contribution in [-0.4, -0.2) is 61.7 Å². The number of nitrogens with zero attached hydrogens (tertiary/aromatic N) is 3. The summed E-state index contributed by atoms with van der Waals surface area (Å²) in [4.78, 5) is 23.9. The van der Waals surface area contributed by atoms with Crippen LogP contribution in [0, 0.1) is 15.5 Å². The highest BCUT2D eigenvalue weighted by Gasteiger charge is 2.36. The van der Waals surface area contributed by atoms with Crippen molar-refractivity contribution in [2.24, 2.45) is 11.1 Å². The number of nitro benzene ring substituents is 1. The van der Waals surface area contributed by atoms with E-state index in [0.29, 0.717) is 19.6 Å². The molecule has 26 heavy (non-hydrogen) atoms. The lowest BCUT2D eigenvalue weighted by Crippen LogP contribution is -2.41. The molecule has 0 spiro atoms. The van der Waals surface area contributed by atoms with E-state index in [1.54, 1.807) is 4.90 Å². The molecule has 2 N–H and O–H groups in total. The Hall–Kier alpha value is -1.75. The van der Waals surface area contributed by atoms with Gasteiger partial charge in [0.1, 0.15) is 0 Å². The lowest BCUT2D eigenvalue weighted by Gasteiger charge is -2.24. The number of halogens is 1. The van der Waals surface area contributed by atoms with Gasteiger partial charge in [-0.25, -0.2) is 8.42 Å². The highest BCUT2D eigenvalue weighted by Crippen LogP contribution is 2.28. The summed E-state index contributed by atoms with van der Waals surface area (Å²) >= 11 is 0. The quantitative estimate of drug-likeness (QED) is 0.550. The second-order valence-electron chi connectivity index (χ2n) is 6.60. The van der Waals surface area contributed by atoms with Gasteiger partial charge in [-0.05, 0) is 24.4 Å². The summed E-state index contributed by atoms with van der Waals surface area (Å²) in [5.41, 5.74) is 5.25. The molecule has 1 aliphatic rings. The molecule has 1 heterocycles. The number of nitrogens with two attached hydrogens (primary N) is 1. The van der Waals surface area contributed by atoms with Crippen molar-refractivity contribution < 1.29 is 18.1 Å². The maximum Gasteiger partial charge on any atom is 0.270 e. The first-order chi connectivity index (χ1) is 11.6. The number of benzene rings is 1. The summed E-state index contributed by atoms with van der Waals surface area (Å²) in [6, 6.07) is 4.76. The molecule has 0 radical (unpaired) electrons. The number of rotatable bonds is 6. The van der Waals surface area contributed by atoms with E-state index in [9.17, 15) is 23.3 Å². The van der Waals surface area contributed by atoms with E-state index >= 15 is 0 Å². The van der Waals surface area contributed by atoms with Gasteiger partial charge >= 0.3 is 0 Å². The van der Waals surface area contributed by atoms with Gasteiger partial charge in [0, 0.05) is 32.3 Å². The maximum atomic E-state index is 12.6. The Balaban J connectivity index is 0.00000338. The Bertz CT molecular complexity index is 788. The number of non-ortho nitro benzene ring substituents is 1. The molecule has 1 aliphatic heterocycles. The summed E-state index contributed by atoms with van der Waals surface area (Å²) in [5, 5.41) is 10.8. The fourth-order valence-corrected chi connectivity index (χ4v) is 3.88. The molecule has 2 rings (SSSR count). The van der Waals surface area contributed by atoms with Crippen LogP contribution in [-0.2, 0) is 14.8 Å². The van der Waals surface area contributed by atoms with Gasteiger partial charge in [0.25, 0.3) is 5.69 Å². The standard InChI is InChI=1S/C15H22N4O5S.ClH/c1-15(10-16)6-7-18(11-15)14(20)9-17(2)25(23,24)13-5-3-4-12(8-13)19(21)22;/h3-5,8H,6-7,9-11,16H2,1-2H3;1H. The van der Waals surface area contributed by atoms with Crippen molar-refractivity contribution >= 4 is 34.0 Å². The van der Waals surface area contributed by atoms with Crippen LogP contribution in [0.2, 0.25) is 0 Å². The summed E-state index contributed by atoms with van der Waals surface area (Å²) in [6.07, 6.45) is 0.774. The van der Waals surface area contributed by atoms with Crippen molar-refractivity contribution in [1.82, 2.24) is 9.21 Å². The fraction of sp³-hybridized carbons (Fsp3) is 0.533. The molecule has 0 saturated carbocycles. The number of likely N-dealkylation sites (tertiary alicyclic amines) is 1. The zero-order valence-corrected chi connectivity index (χ0v) is 16.3. The average Bonchev–Trinajstić information content (AvgIpc) is 2.98. The molecule has 1 aromatic rings. The van der Waals surface area contributed by atoms with E-state index in [4.69, 9.17) is 5.73 Å². The van der Waals surface area contributed by atoms with Crippen molar-refractivity contribution in [3.8, 4) is 0 Å². The van der Waals surface area contributed by atoms with Crippen molar-refractivity contribution in [1.29, 1.82) is 0 Å². The number of nitro groups is 1. The van der Waals surface area contributed by atoms with E-state index in [0.717, 1.165) is 16.8 Å². The zero-order chi connectivity index (χ0) is 18.8. The van der Waals surface area contributed by atoms with Crippen molar-refractivity contribution in [2.75, 3.05) is 33.2 Å². The zero-order valence-electron chi connectivity index (χ0n) is 14.6. The molecule has 0 aliphatic carbocycles. The first kappa shape index (κ1) is 22.3. The van der Waals surface area contributed by atoms with Gasteiger partial charge in [-0.2, -0.15) is 4.31 Å². The normalized spacial score (nSPS) is 20.1.